The summed E-state index contributed by atoms with van der Waals surface area (Å²) < 4.78 is 10.5. The van der Waals surface area contributed by atoms with E-state index >= 15 is 0 Å². The van der Waals surface area contributed by atoms with Gasteiger partial charge in [-0.1, -0.05) is 23.2 Å². The van der Waals surface area contributed by atoms with Gasteiger partial charge in [-0.15, -0.1) is 0 Å². The van der Waals surface area contributed by atoms with Gasteiger partial charge in [0.05, 0.1) is 29.9 Å². The Morgan fingerprint density at radius 1 is 1.35 bits per heavy atom. The fourth-order valence-electron chi connectivity index (χ4n) is 1.40. The average molecular weight is 273 g/mol. The molecule has 2 N–H and O–H groups in total. The lowest BCUT2D eigenvalue weighted by Crippen LogP contribution is -1.94. The van der Waals surface area contributed by atoms with Crippen molar-refractivity contribution in [1.29, 1.82) is 0 Å². The molecular formula is C11H10Cl2N2O2. The van der Waals surface area contributed by atoms with Crippen molar-refractivity contribution in [3.05, 3.63) is 34.3 Å². The van der Waals surface area contributed by atoms with Crippen LogP contribution in [0, 0.1) is 0 Å². The predicted molar refractivity (Wildman–Crippen MR) is 66.4 cm³/mol. The summed E-state index contributed by atoms with van der Waals surface area (Å²) in [4.78, 5) is 4.00. The van der Waals surface area contributed by atoms with Crippen molar-refractivity contribution in [2.24, 2.45) is 5.73 Å². The molecule has 1 aromatic carbocycles. The molecule has 0 radical (unpaired) electrons. The lowest BCUT2D eigenvalue weighted by atomic mass is 10.2. The third-order valence-electron chi connectivity index (χ3n) is 2.24. The number of methoxy groups -OCH3 is 1. The molecule has 0 saturated heterocycles. The number of rotatable bonds is 3. The van der Waals surface area contributed by atoms with Gasteiger partial charge in [0.1, 0.15) is 5.75 Å². The third kappa shape index (κ3) is 2.39. The second kappa shape index (κ2) is 4.96. The van der Waals surface area contributed by atoms with E-state index in [1.165, 1.54) is 7.11 Å². The molecule has 2 aromatic rings. The molecule has 0 bridgehead atoms. The van der Waals surface area contributed by atoms with Crippen LogP contribution in [0.3, 0.4) is 0 Å². The summed E-state index contributed by atoms with van der Waals surface area (Å²) in [6.45, 7) is 0.238. The lowest BCUT2D eigenvalue weighted by Gasteiger charge is -2.06. The minimum atomic E-state index is 0.238. The van der Waals surface area contributed by atoms with Gasteiger partial charge in [0.25, 0.3) is 0 Å². The van der Waals surface area contributed by atoms with Gasteiger partial charge in [-0.3, -0.25) is 0 Å². The number of halogens is 2. The second-order valence-corrected chi connectivity index (χ2v) is 4.10. The average Bonchev–Trinajstić information content (AvgIpc) is 2.80. The fraction of sp³-hybridized carbons (Fsp3) is 0.182. The smallest absolute Gasteiger partial charge is 0.208 e. The van der Waals surface area contributed by atoms with Crippen LogP contribution in [0.1, 0.15) is 5.89 Å². The van der Waals surface area contributed by atoms with Crippen LogP contribution in [0.15, 0.2) is 22.7 Å². The van der Waals surface area contributed by atoms with Crippen molar-refractivity contribution in [2.75, 3.05) is 7.11 Å². The van der Waals surface area contributed by atoms with Gasteiger partial charge in [0.2, 0.25) is 5.89 Å². The molecule has 4 nitrogen and oxygen atoms in total. The highest BCUT2D eigenvalue weighted by Gasteiger charge is 2.13. The number of aromatic nitrogens is 1. The van der Waals surface area contributed by atoms with E-state index in [4.69, 9.17) is 38.1 Å². The SMILES string of the molecule is COc1cc(Cl)c(-c2cnc(CN)o2)cc1Cl. The van der Waals surface area contributed by atoms with Gasteiger partial charge in [-0.05, 0) is 6.07 Å². The molecule has 0 spiro atoms. The maximum atomic E-state index is 6.11. The molecule has 0 aliphatic carbocycles. The van der Waals surface area contributed by atoms with Crippen molar-refractivity contribution in [1.82, 2.24) is 4.98 Å². The summed E-state index contributed by atoms with van der Waals surface area (Å²) in [5.41, 5.74) is 6.08. The lowest BCUT2D eigenvalue weighted by molar-refractivity contribution is 0.415. The van der Waals surface area contributed by atoms with Crippen molar-refractivity contribution in [3.8, 4) is 17.1 Å². The first-order chi connectivity index (χ1) is 8.15. The highest BCUT2D eigenvalue weighted by Crippen LogP contribution is 2.36. The van der Waals surface area contributed by atoms with Crippen LogP contribution in [0.2, 0.25) is 10.0 Å². The molecule has 0 fully saturated rings. The maximum Gasteiger partial charge on any atom is 0.208 e. The van der Waals surface area contributed by atoms with E-state index in [9.17, 15) is 0 Å². The summed E-state index contributed by atoms with van der Waals surface area (Å²) >= 11 is 12.1. The molecule has 0 saturated carbocycles. The van der Waals surface area contributed by atoms with Crippen LogP contribution in [-0.4, -0.2) is 12.1 Å². The van der Waals surface area contributed by atoms with E-state index < -0.39 is 0 Å². The Balaban J connectivity index is 2.48. The van der Waals surface area contributed by atoms with E-state index in [2.05, 4.69) is 4.98 Å². The molecule has 2 rings (SSSR count). The molecule has 6 heteroatoms. The Morgan fingerprint density at radius 3 is 2.71 bits per heavy atom. The Hall–Kier alpha value is -1.23. The number of ether oxygens (including phenoxy) is 1. The van der Waals surface area contributed by atoms with Crippen LogP contribution >= 0.6 is 23.2 Å². The Labute approximate surface area is 108 Å². The molecule has 0 aliphatic heterocycles. The van der Waals surface area contributed by atoms with E-state index in [1.54, 1.807) is 18.3 Å². The van der Waals surface area contributed by atoms with Crippen LogP contribution in [-0.2, 0) is 6.54 Å². The van der Waals surface area contributed by atoms with E-state index in [-0.39, 0.29) is 6.54 Å². The van der Waals surface area contributed by atoms with Crippen molar-refractivity contribution < 1.29 is 9.15 Å². The first-order valence-electron chi connectivity index (χ1n) is 4.84. The quantitative estimate of drug-likeness (QED) is 0.933. The molecule has 17 heavy (non-hydrogen) atoms. The first kappa shape index (κ1) is 12.2. The Kier molecular flexibility index (Phi) is 3.57. The minimum absolute atomic E-state index is 0.238. The standard InChI is InChI=1S/C11H10Cl2N2O2/c1-16-9-3-7(12)6(2-8(9)13)10-5-15-11(4-14)17-10/h2-3,5H,4,14H2,1H3. The van der Waals surface area contributed by atoms with E-state index in [0.717, 1.165) is 0 Å². The zero-order valence-electron chi connectivity index (χ0n) is 9.04. The number of hydrogen-bond acceptors (Lipinski definition) is 4. The van der Waals surface area contributed by atoms with Crippen LogP contribution in [0.5, 0.6) is 5.75 Å². The van der Waals surface area contributed by atoms with Crippen LogP contribution in [0.25, 0.3) is 11.3 Å². The molecular weight excluding hydrogens is 263 g/mol. The fourth-order valence-corrected chi connectivity index (χ4v) is 1.89. The number of nitrogens with two attached hydrogens (primary N) is 1. The monoisotopic (exact) mass is 272 g/mol. The zero-order valence-corrected chi connectivity index (χ0v) is 10.5. The molecule has 0 atom stereocenters. The summed E-state index contributed by atoms with van der Waals surface area (Å²) in [5, 5.41) is 0.934. The number of nitrogens with zero attached hydrogens (tertiary/aromatic N) is 1. The van der Waals surface area contributed by atoms with Crippen molar-refractivity contribution in [2.45, 2.75) is 6.54 Å². The highest BCUT2D eigenvalue weighted by molar-refractivity contribution is 6.36. The number of oxazole rings is 1. The van der Waals surface area contributed by atoms with Gasteiger partial charge in [0, 0.05) is 11.6 Å². The summed E-state index contributed by atoms with van der Waals surface area (Å²) in [5.74, 6) is 1.49. The number of benzene rings is 1. The van der Waals surface area contributed by atoms with E-state index in [0.29, 0.717) is 33.0 Å². The van der Waals surface area contributed by atoms with Gasteiger partial charge < -0.3 is 14.9 Å². The summed E-state index contributed by atoms with van der Waals surface area (Å²) in [6, 6.07) is 3.30. The zero-order chi connectivity index (χ0) is 12.4. The van der Waals surface area contributed by atoms with Crippen LogP contribution in [0.4, 0.5) is 0 Å². The molecule has 1 aromatic heterocycles. The minimum Gasteiger partial charge on any atom is -0.495 e. The highest BCUT2D eigenvalue weighted by atomic mass is 35.5. The topological polar surface area (TPSA) is 61.3 Å². The summed E-state index contributed by atoms with van der Waals surface area (Å²) in [7, 11) is 1.53. The molecule has 90 valence electrons. The molecule has 0 amide bonds. The van der Waals surface area contributed by atoms with Gasteiger partial charge in [-0.2, -0.15) is 0 Å². The number of hydrogen-bond donors (Lipinski definition) is 1. The first-order valence-corrected chi connectivity index (χ1v) is 5.59. The van der Waals surface area contributed by atoms with Gasteiger partial charge in [-0.25, -0.2) is 4.98 Å². The van der Waals surface area contributed by atoms with Crippen molar-refractivity contribution in [3.63, 3.8) is 0 Å². The maximum absolute atomic E-state index is 6.11. The Bertz CT molecular complexity index is 540. The predicted octanol–water partition coefficient (Wildman–Crippen LogP) is 3.12. The molecule has 1 heterocycles. The third-order valence-corrected chi connectivity index (χ3v) is 2.84. The van der Waals surface area contributed by atoms with Crippen molar-refractivity contribution >= 4 is 23.2 Å². The summed E-state index contributed by atoms with van der Waals surface area (Å²) in [6.07, 6.45) is 1.56. The van der Waals surface area contributed by atoms with Gasteiger partial charge >= 0.3 is 0 Å². The normalized spacial score (nSPS) is 10.6. The molecule has 0 unspecified atom stereocenters. The Morgan fingerprint density at radius 2 is 2.12 bits per heavy atom. The molecule has 0 aliphatic rings. The second-order valence-electron chi connectivity index (χ2n) is 3.29. The van der Waals surface area contributed by atoms with Gasteiger partial charge in [0.15, 0.2) is 5.76 Å². The van der Waals surface area contributed by atoms with E-state index in [1.807, 2.05) is 0 Å². The largest absolute Gasteiger partial charge is 0.495 e. The van der Waals surface area contributed by atoms with Crippen LogP contribution < -0.4 is 10.5 Å².